The number of aromatic nitrogens is 3. The largest absolute Gasteiger partial charge is 0.353 e. The summed E-state index contributed by atoms with van der Waals surface area (Å²) in [6.07, 6.45) is 2.12. The van der Waals surface area contributed by atoms with Crippen LogP contribution in [-0.4, -0.2) is 40.1 Å². The lowest BCUT2D eigenvalue weighted by Crippen LogP contribution is -2.51. The number of fused-ring (bicyclic) bond motifs is 3. The van der Waals surface area contributed by atoms with Gasteiger partial charge >= 0.3 is 0 Å². The van der Waals surface area contributed by atoms with Crippen LogP contribution in [0.5, 0.6) is 0 Å². The number of anilines is 1. The molecular weight excluding hydrogens is 297 g/mol. The third-order valence-electron chi connectivity index (χ3n) is 3.89. The molecule has 20 heavy (non-hydrogen) atoms. The fraction of sp³-hybridized carbons (Fsp3) is 0.462. The number of rotatable bonds is 1. The average molecular weight is 311 g/mol. The molecule has 2 atom stereocenters. The van der Waals surface area contributed by atoms with Crippen molar-refractivity contribution in [1.29, 1.82) is 0 Å². The van der Waals surface area contributed by atoms with E-state index in [0.717, 1.165) is 37.1 Å². The van der Waals surface area contributed by atoms with Crippen molar-refractivity contribution in [3.8, 4) is 0 Å². The van der Waals surface area contributed by atoms with Crippen molar-refractivity contribution in [3.63, 3.8) is 0 Å². The van der Waals surface area contributed by atoms with Gasteiger partial charge in [-0.25, -0.2) is 4.98 Å². The predicted octanol–water partition coefficient (Wildman–Crippen LogP) is 2.27. The Labute approximate surface area is 127 Å². The lowest BCUT2D eigenvalue weighted by atomic mass is 10.2. The smallest absolute Gasteiger partial charge is 0.226 e. The third-order valence-corrected chi connectivity index (χ3v) is 4.27. The van der Waals surface area contributed by atoms with Crippen molar-refractivity contribution in [2.75, 3.05) is 18.0 Å². The normalized spacial score (nSPS) is 27.1. The SMILES string of the molecule is [2H]N1[C@@H]2CC[C@H]1CN(c1nc(Cl)nc3nc(Cl)ccc13)C2. The van der Waals surface area contributed by atoms with E-state index < -0.39 is 0 Å². The van der Waals surface area contributed by atoms with Crippen LogP contribution in [0, 0.1) is 0 Å². The zero-order valence-corrected chi connectivity index (χ0v) is 12.1. The molecule has 4 heterocycles. The van der Waals surface area contributed by atoms with Gasteiger partial charge in [-0.15, -0.1) is 0 Å². The van der Waals surface area contributed by atoms with E-state index in [1.54, 1.807) is 11.4 Å². The fourth-order valence-electron chi connectivity index (χ4n) is 3.05. The number of pyridine rings is 1. The molecule has 2 saturated heterocycles. The van der Waals surface area contributed by atoms with Gasteiger partial charge in [-0.3, -0.25) is 0 Å². The van der Waals surface area contributed by atoms with Crippen molar-refractivity contribution in [2.45, 2.75) is 24.9 Å². The van der Waals surface area contributed by atoms with Crippen molar-refractivity contribution in [3.05, 3.63) is 22.6 Å². The van der Waals surface area contributed by atoms with Gasteiger partial charge in [-0.2, -0.15) is 9.97 Å². The Bertz CT molecular complexity index is 693. The third kappa shape index (κ3) is 2.10. The summed E-state index contributed by atoms with van der Waals surface area (Å²) in [6, 6.07) is 4.13. The van der Waals surface area contributed by atoms with Crippen molar-refractivity contribution in [1.82, 2.24) is 20.3 Å². The average Bonchev–Trinajstić information content (AvgIpc) is 2.68. The number of nitrogens with one attached hydrogen (secondary N) is 1. The first-order valence-electron chi connectivity index (χ1n) is 7.08. The van der Waals surface area contributed by atoms with E-state index in [1.807, 2.05) is 6.07 Å². The summed E-state index contributed by atoms with van der Waals surface area (Å²) in [4.78, 5) is 14.9. The minimum atomic E-state index is 0.174. The maximum Gasteiger partial charge on any atom is 0.226 e. The quantitative estimate of drug-likeness (QED) is 0.647. The topological polar surface area (TPSA) is 53.9 Å². The van der Waals surface area contributed by atoms with Crippen LogP contribution in [0.2, 0.25) is 11.8 Å². The van der Waals surface area contributed by atoms with E-state index in [0.29, 0.717) is 10.8 Å². The molecule has 5 nitrogen and oxygen atoms in total. The van der Waals surface area contributed by atoms with Crippen LogP contribution >= 0.6 is 23.2 Å². The Morgan fingerprint density at radius 3 is 2.65 bits per heavy atom. The Morgan fingerprint density at radius 1 is 1.15 bits per heavy atom. The molecule has 0 radical (unpaired) electrons. The zero-order chi connectivity index (χ0) is 14.6. The summed E-state index contributed by atoms with van der Waals surface area (Å²) in [5.41, 5.74) is 0.512. The van der Waals surface area contributed by atoms with Gasteiger partial charge in [-0.1, -0.05) is 11.6 Å². The lowest BCUT2D eigenvalue weighted by Gasteiger charge is -2.34. The van der Waals surface area contributed by atoms with Gasteiger partial charge in [0.2, 0.25) is 5.28 Å². The Balaban J connectivity index is 1.80. The molecule has 0 saturated carbocycles. The monoisotopic (exact) mass is 310 g/mol. The number of nitrogens with zero attached hydrogens (tertiary/aromatic N) is 4. The highest BCUT2D eigenvalue weighted by atomic mass is 35.5. The first-order valence-corrected chi connectivity index (χ1v) is 7.39. The first kappa shape index (κ1) is 11.5. The van der Waals surface area contributed by atoms with Crippen LogP contribution in [-0.2, 0) is 0 Å². The van der Waals surface area contributed by atoms with E-state index in [9.17, 15) is 0 Å². The number of hydrogen-bond acceptors (Lipinski definition) is 5. The minimum absolute atomic E-state index is 0.174. The molecule has 0 amide bonds. The molecule has 2 aromatic rings. The molecule has 0 aromatic carbocycles. The van der Waals surface area contributed by atoms with Gasteiger partial charge in [0.05, 0.1) is 5.39 Å². The van der Waals surface area contributed by atoms with Crippen LogP contribution in [0.1, 0.15) is 12.8 Å². The highest BCUT2D eigenvalue weighted by Crippen LogP contribution is 2.30. The Hall–Kier alpha value is -1.17. The van der Waals surface area contributed by atoms with E-state index in [1.165, 1.54) is 0 Å². The van der Waals surface area contributed by atoms with Crippen molar-refractivity contribution in [2.24, 2.45) is 0 Å². The minimum Gasteiger partial charge on any atom is -0.353 e. The highest BCUT2D eigenvalue weighted by Gasteiger charge is 2.33. The van der Waals surface area contributed by atoms with E-state index in [4.69, 9.17) is 24.6 Å². The first-order chi connectivity index (χ1) is 10.1. The van der Waals surface area contributed by atoms with Crippen LogP contribution in [0.3, 0.4) is 0 Å². The van der Waals surface area contributed by atoms with Gasteiger partial charge in [0, 0.05) is 25.2 Å². The fourth-order valence-corrected chi connectivity index (χ4v) is 3.35. The van der Waals surface area contributed by atoms with Crippen LogP contribution < -0.4 is 10.2 Å². The molecule has 2 aliphatic rings. The summed E-state index contributed by atoms with van der Waals surface area (Å²) in [5, 5.41) is 3.14. The molecule has 2 aromatic heterocycles. The summed E-state index contributed by atoms with van der Waals surface area (Å²) in [7, 11) is 0. The van der Waals surface area contributed by atoms with E-state index in [-0.39, 0.29) is 17.4 Å². The maximum absolute atomic E-state index is 8.05. The molecule has 1 N–H and O–H groups in total. The van der Waals surface area contributed by atoms with Crippen molar-refractivity contribution < 1.29 is 1.41 Å². The summed E-state index contributed by atoms with van der Waals surface area (Å²) in [6.45, 7) is 1.57. The van der Waals surface area contributed by atoms with Crippen LogP contribution in [0.4, 0.5) is 5.82 Å². The number of halogens is 2. The molecule has 7 heteroatoms. The molecule has 0 unspecified atom stereocenters. The second kappa shape index (κ2) is 4.69. The standard InChI is InChI=1S/C13H13Cl2N5/c14-10-4-3-9-11(17-10)18-13(15)19-12(9)20-5-7-1-2-8(6-20)16-7/h3-4,7-8,16H,1-2,5-6H2/t7-,8+/i/hD. The van der Waals surface area contributed by atoms with Gasteiger partial charge in [0.1, 0.15) is 12.4 Å². The molecule has 4 rings (SSSR count). The molecule has 104 valence electrons. The molecular formula is C13H13Cl2N5. The zero-order valence-electron chi connectivity index (χ0n) is 11.6. The molecule has 2 bridgehead atoms. The Morgan fingerprint density at radius 2 is 1.90 bits per heavy atom. The van der Waals surface area contributed by atoms with Gasteiger partial charge in [0.25, 0.3) is 0 Å². The lowest BCUT2D eigenvalue weighted by molar-refractivity contribution is 0.464. The van der Waals surface area contributed by atoms with Gasteiger partial charge in [-0.05, 0) is 36.6 Å². The number of hydrogen-bond donors (Lipinski definition) is 1. The summed E-state index contributed by atoms with van der Waals surface area (Å²) in [5.74, 6) is 0.791. The molecule has 0 aliphatic carbocycles. The van der Waals surface area contributed by atoms with Gasteiger partial charge < -0.3 is 10.2 Å². The summed E-state index contributed by atoms with van der Waals surface area (Å²) < 4.78 is 8.05. The van der Waals surface area contributed by atoms with Gasteiger partial charge in [0.15, 0.2) is 5.65 Å². The second-order valence-electron chi connectivity index (χ2n) is 5.26. The van der Waals surface area contributed by atoms with Crippen LogP contribution in [0.15, 0.2) is 12.1 Å². The Kier molecular flexibility index (Phi) is 2.69. The number of piperazine rings is 1. The highest BCUT2D eigenvalue weighted by molar-refractivity contribution is 6.30. The predicted molar refractivity (Wildman–Crippen MR) is 79.5 cm³/mol. The molecule has 2 aliphatic heterocycles. The molecule has 0 spiro atoms. The molecule has 2 fully saturated rings. The van der Waals surface area contributed by atoms with Crippen LogP contribution in [0.25, 0.3) is 11.0 Å². The second-order valence-corrected chi connectivity index (χ2v) is 5.99. The van der Waals surface area contributed by atoms with Crippen molar-refractivity contribution >= 4 is 40.1 Å². The van der Waals surface area contributed by atoms with E-state index in [2.05, 4.69) is 19.9 Å². The van der Waals surface area contributed by atoms with E-state index >= 15 is 0 Å². The summed E-state index contributed by atoms with van der Waals surface area (Å²) >= 11 is 12.0. The maximum atomic E-state index is 8.05.